The molecule has 0 spiro atoms. The molecular formula is C18H34O. The van der Waals surface area contributed by atoms with Crippen molar-refractivity contribution in [3.63, 3.8) is 0 Å². The molecule has 1 N–H and O–H groups in total. The van der Waals surface area contributed by atoms with Crippen molar-refractivity contribution in [3.05, 3.63) is 0 Å². The maximum absolute atomic E-state index is 11.2. The lowest BCUT2D eigenvalue weighted by Gasteiger charge is -2.40. The van der Waals surface area contributed by atoms with E-state index in [1.165, 1.54) is 64.2 Å². The molecule has 0 radical (unpaired) electrons. The minimum absolute atomic E-state index is 0.309. The highest BCUT2D eigenvalue weighted by Crippen LogP contribution is 2.44. The molecule has 2 aliphatic rings. The molecule has 0 heterocycles. The third-order valence-corrected chi connectivity index (χ3v) is 6.02. The van der Waals surface area contributed by atoms with Crippen molar-refractivity contribution in [2.75, 3.05) is 0 Å². The summed E-state index contributed by atoms with van der Waals surface area (Å²) in [5.41, 5.74) is -0.309. The largest absolute Gasteiger partial charge is 0.390 e. The van der Waals surface area contributed by atoms with Crippen molar-refractivity contribution in [1.82, 2.24) is 0 Å². The minimum Gasteiger partial charge on any atom is -0.390 e. The maximum Gasteiger partial charge on any atom is 0.0676 e. The molecule has 1 nitrogen and oxygen atoms in total. The lowest BCUT2D eigenvalue weighted by atomic mass is 9.69. The predicted molar refractivity (Wildman–Crippen MR) is 82.2 cm³/mol. The van der Waals surface area contributed by atoms with Crippen LogP contribution >= 0.6 is 0 Å². The third kappa shape index (κ3) is 3.97. The van der Waals surface area contributed by atoms with Crippen molar-refractivity contribution < 1.29 is 5.11 Å². The Morgan fingerprint density at radius 3 is 2.47 bits per heavy atom. The van der Waals surface area contributed by atoms with Crippen LogP contribution in [0.4, 0.5) is 0 Å². The van der Waals surface area contributed by atoms with Gasteiger partial charge in [-0.15, -0.1) is 0 Å². The summed E-state index contributed by atoms with van der Waals surface area (Å²) in [6, 6.07) is 0. The van der Waals surface area contributed by atoms with E-state index in [2.05, 4.69) is 13.8 Å². The summed E-state index contributed by atoms with van der Waals surface area (Å²) in [4.78, 5) is 0. The highest BCUT2D eigenvalue weighted by Gasteiger charge is 2.40. The van der Waals surface area contributed by atoms with Crippen LogP contribution in [0.15, 0.2) is 0 Å². The molecule has 19 heavy (non-hydrogen) atoms. The fourth-order valence-electron chi connectivity index (χ4n) is 4.68. The highest BCUT2D eigenvalue weighted by atomic mass is 16.3. The Morgan fingerprint density at radius 1 is 0.947 bits per heavy atom. The van der Waals surface area contributed by atoms with E-state index >= 15 is 0 Å². The van der Waals surface area contributed by atoms with Gasteiger partial charge in [0.25, 0.3) is 0 Å². The van der Waals surface area contributed by atoms with Crippen LogP contribution in [0.25, 0.3) is 0 Å². The first-order chi connectivity index (χ1) is 9.18. The number of aliphatic hydroxyl groups is 1. The second-order valence-corrected chi connectivity index (χ2v) is 7.33. The van der Waals surface area contributed by atoms with Gasteiger partial charge in [0.1, 0.15) is 0 Å². The summed E-state index contributed by atoms with van der Waals surface area (Å²) < 4.78 is 0. The van der Waals surface area contributed by atoms with Crippen LogP contribution in [-0.2, 0) is 0 Å². The zero-order chi connectivity index (χ0) is 13.7. The minimum atomic E-state index is -0.309. The Bertz CT molecular complexity index is 262. The van der Waals surface area contributed by atoms with Gasteiger partial charge in [0.15, 0.2) is 0 Å². The summed E-state index contributed by atoms with van der Waals surface area (Å²) in [6.45, 7) is 4.62. The van der Waals surface area contributed by atoms with Crippen LogP contribution in [-0.4, -0.2) is 10.7 Å². The molecule has 0 aliphatic heterocycles. The number of rotatable bonds is 4. The Balaban J connectivity index is 1.93. The molecule has 2 rings (SSSR count). The van der Waals surface area contributed by atoms with E-state index in [-0.39, 0.29) is 5.60 Å². The van der Waals surface area contributed by atoms with E-state index < -0.39 is 0 Å². The quantitative estimate of drug-likeness (QED) is 0.683. The molecule has 4 unspecified atom stereocenters. The Labute approximate surface area is 120 Å². The zero-order valence-electron chi connectivity index (χ0n) is 13.2. The Hall–Kier alpha value is -0.0400. The first-order valence-electron chi connectivity index (χ1n) is 8.90. The lowest BCUT2D eigenvalue weighted by Crippen LogP contribution is -2.40. The average molecular weight is 266 g/mol. The number of hydrogen-bond donors (Lipinski definition) is 1. The standard InChI is InChI=1S/C18H34O/c1-3-7-16-9-6-12-18(19,13-11-16)17-10-5-8-15(4-2)14-17/h15-17,19H,3-14H2,1-2H3. The molecule has 0 aromatic heterocycles. The second-order valence-electron chi connectivity index (χ2n) is 7.33. The fourth-order valence-corrected chi connectivity index (χ4v) is 4.68. The first kappa shape index (κ1) is 15.4. The van der Waals surface area contributed by atoms with Crippen LogP contribution in [0, 0.1) is 17.8 Å². The van der Waals surface area contributed by atoms with Gasteiger partial charge in [-0.3, -0.25) is 0 Å². The lowest BCUT2D eigenvalue weighted by molar-refractivity contribution is -0.0540. The van der Waals surface area contributed by atoms with Gasteiger partial charge < -0.3 is 5.11 Å². The molecule has 0 saturated heterocycles. The van der Waals surface area contributed by atoms with Crippen LogP contribution in [0.2, 0.25) is 0 Å². The molecule has 0 aromatic carbocycles. The van der Waals surface area contributed by atoms with Gasteiger partial charge in [-0.2, -0.15) is 0 Å². The van der Waals surface area contributed by atoms with Gasteiger partial charge in [0.2, 0.25) is 0 Å². The first-order valence-corrected chi connectivity index (χ1v) is 8.90. The van der Waals surface area contributed by atoms with Gasteiger partial charge in [-0.25, -0.2) is 0 Å². The van der Waals surface area contributed by atoms with E-state index in [9.17, 15) is 5.11 Å². The molecule has 0 aromatic rings. The van der Waals surface area contributed by atoms with Crippen molar-refractivity contribution >= 4 is 0 Å². The molecular weight excluding hydrogens is 232 g/mol. The van der Waals surface area contributed by atoms with E-state index in [1.54, 1.807) is 0 Å². The number of hydrogen-bond acceptors (Lipinski definition) is 1. The second kappa shape index (κ2) is 7.11. The van der Waals surface area contributed by atoms with Gasteiger partial charge in [-0.05, 0) is 49.9 Å². The van der Waals surface area contributed by atoms with Crippen molar-refractivity contribution in [3.8, 4) is 0 Å². The van der Waals surface area contributed by atoms with Crippen LogP contribution in [0.5, 0.6) is 0 Å². The van der Waals surface area contributed by atoms with Gasteiger partial charge in [0, 0.05) is 0 Å². The molecule has 2 aliphatic carbocycles. The monoisotopic (exact) mass is 266 g/mol. The summed E-state index contributed by atoms with van der Waals surface area (Å²) in [6.07, 6.45) is 15.4. The molecule has 0 amide bonds. The van der Waals surface area contributed by atoms with Crippen molar-refractivity contribution in [2.45, 2.75) is 96.5 Å². The molecule has 112 valence electrons. The molecule has 2 fully saturated rings. The summed E-state index contributed by atoms with van der Waals surface area (Å²) >= 11 is 0. The normalized spacial score (nSPS) is 40.9. The van der Waals surface area contributed by atoms with Gasteiger partial charge in [0.05, 0.1) is 5.60 Å². The molecule has 4 atom stereocenters. The van der Waals surface area contributed by atoms with Gasteiger partial charge in [-0.1, -0.05) is 58.8 Å². The summed E-state index contributed by atoms with van der Waals surface area (Å²) in [5.74, 6) is 2.38. The van der Waals surface area contributed by atoms with Crippen molar-refractivity contribution in [1.29, 1.82) is 0 Å². The van der Waals surface area contributed by atoms with Crippen LogP contribution in [0.3, 0.4) is 0 Å². The summed E-state index contributed by atoms with van der Waals surface area (Å²) in [7, 11) is 0. The van der Waals surface area contributed by atoms with Gasteiger partial charge >= 0.3 is 0 Å². The van der Waals surface area contributed by atoms with Crippen molar-refractivity contribution in [2.24, 2.45) is 17.8 Å². The SMILES string of the molecule is CCCC1CCCC(O)(C2CCCC(CC)C2)CC1. The predicted octanol–water partition coefficient (Wildman–Crippen LogP) is 5.31. The smallest absolute Gasteiger partial charge is 0.0676 e. The molecule has 0 bridgehead atoms. The Kier molecular flexibility index (Phi) is 5.74. The maximum atomic E-state index is 11.2. The Morgan fingerprint density at radius 2 is 1.74 bits per heavy atom. The topological polar surface area (TPSA) is 20.2 Å². The van der Waals surface area contributed by atoms with Crippen LogP contribution in [0.1, 0.15) is 90.9 Å². The summed E-state index contributed by atoms with van der Waals surface area (Å²) in [5, 5.41) is 11.2. The van der Waals surface area contributed by atoms with E-state index in [1.807, 2.05) is 0 Å². The van der Waals surface area contributed by atoms with E-state index in [0.717, 1.165) is 24.7 Å². The third-order valence-electron chi connectivity index (χ3n) is 6.02. The average Bonchev–Trinajstić information content (AvgIpc) is 2.63. The molecule has 2 saturated carbocycles. The fraction of sp³-hybridized carbons (Fsp3) is 1.00. The zero-order valence-corrected chi connectivity index (χ0v) is 13.2. The molecule has 1 heteroatoms. The van der Waals surface area contributed by atoms with E-state index in [0.29, 0.717) is 5.92 Å². The van der Waals surface area contributed by atoms with E-state index in [4.69, 9.17) is 0 Å². The highest BCUT2D eigenvalue weighted by molar-refractivity contribution is 4.92. The van der Waals surface area contributed by atoms with Crippen LogP contribution < -0.4 is 0 Å².